The summed E-state index contributed by atoms with van der Waals surface area (Å²) in [6.07, 6.45) is 2.57. The fourth-order valence-corrected chi connectivity index (χ4v) is 3.01. The van der Waals surface area contributed by atoms with Crippen LogP contribution in [0.4, 0.5) is 4.79 Å². The highest BCUT2D eigenvalue weighted by molar-refractivity contribution is 6.34. The van der Waals surface area contributed by atoms with Crippen molar-refractivity contribution in [2.45, 2.75) is 25.7 Å². The molecule has 2 aromatic rings. The molecular formula is C14H15ClN4O2. The second-order valence-electron chi connectivity index (χ2n) is 5.26. The van der Waals surface area contributed by atoms with Crippen LogP contribution in [0.1, 0.15) is 30.3 Å². The summed E-state index contributed by atoms with van der Waals surface area (Å²) in [6, 6.07) is 1.88. The lowest BCUT2D eigenvalue weighted by molar-refractivity contribution is 0.130. The van der Waals surface area contributed by atoms with Crippen molar-refractivity contribution in [1.82, 2.24) is 19.9 Å². The molecule has 3 rings (SSSR count). The van der Waals surface area contributed by atoms with Crippen LogP contribution in [0, 0.1) is 6.92 Å². The summed E-state index contributed by atoms with van der Waals surface area (Å²) in [6.45, 7) is 2.84. The van der Waals surface area contributed by atoms with Crippen molar-refractivity contribution >= 4 is 28.6 Å². The molecule has 0 aromatic carbocycles. The van der Waals surface area contributed by atoms with Gasteiger partial charge in [0.15, 0.2) is 0 Å². The third-order valence-corrected chi connectivity index (χ3v) is 4.07. The zero-order chi connectivity index (χ0) is 15.0. The van der Waals surface area contributed by atoms with Crippen LogP contribution in [0.25, 0.3) is 10.9 Å². The zero-order valence-corrected chi connectivity index (χ0v) is 12.3. The number of hydrogen-bond acceptors (Lipinski definition) is 4. The van der Waals surface area contributed by atoms with Crippen molar-refractivity contribution in [1.29, 1.82) is 0 Å². The number of halogens is 1. The number of nitrogens with zero attached hydrogens (tertiary/aromatic N) is 4. The Morgan fingerprint density at radius 1 is 1.48 bits per heavy atom. The van der Waals surface area contributed by atoms with E-state index in [0.717, 1.165) is 23.9 Å². The molecule has 1 unspecified atom stereocenters. The van der Waals surface area contributed by atoms with Crippen molar-refractivity contribution in [2.75, 3.05) is 13.1 Å². The molecule has 3 heterocycles. The number of rotatable bonds is 1. The third-order valence-electron chi connectivity index (χ3n) is 3.78. The van der Waals surface area contributed by atoms with Gasteiger partial charge in [-0.05, 0) is 25.8 Å². The molecule has 110 valence electrons. The Hall–Kier alpha value is -1.95. The van der Waals surface area contributed by atoms with E-state index < -0.39 is 6.09 Å². The minimum Gasteiger partial charge on any atom is -0.465 e. The molecule has 1 saturated heterocycles. The van der Waals surface area contributed by atoms with Gasteiger partial charge in [0.05, 0.1) is 11.7 Å². The van der Waals surface area contributed by atoms with E-state index in [1.165, 1.54) is 4.90 Å². The molecule has 21 heavy (non-hydrogen) atoms. The molecule has 0 bridgehead atoms. The average Bonchev–Trinajstić information content (AvgIpc) is 2.47. The molecule has 1 atom stereocenters. The van der Waals surface area contributed by atoms with Gasteiger partial charge in [-0.2, -0.15) is 0 Å². The molecule has 1 aliphatic heterocycles. The summed E-state index contributed by atoms with van der Waals surface area (Å²) in [4.78, 5) is 25.4. The van der Waals surface area contributed by atoms with Gasteiger partial charge >= 0.3 is 6.09 Å². The smallest absolute Gasteiger partial charge is 0.407 e. The zero-order valence-electron chi connectivity index (χ0n) is 11.6. The summed E-state index contributed by atoms with van der Waals surface area (Å²) in [7, 11) is 0. The fraction of sp³-hybridized carbons (Fsp3) is 0.429. The lowest BCUT2D eigenvalue weighted by Gasteiger charge is -2.30. The first kappa shape index (κ1) is 14.0. The van der Waals surface area contributed by atoms with E-state index >= 15 is 0 Å². The number of likely N-dealkylation sites (tertiary alicyclic amines) is 1. The highest BCUT2D eigenvalue weighted by Gasteiger charge is 2.25. The molecule has 0 saturated carbocycles. The van der Waals surface area contributed by atoms with E-state index in [4.69, 9.17) is 16.7 Å². The van der Waals surface area contributed by atoms with Crippen LogP contribution >= 0.6 is 11.6 Å². The van der Waals surface area contributed by atoms with Crippen molar-refractivity contribution < 1.29 is 9.90 Å². The maximum atomic E-state index is 11.1. The Morgan fingerprint density at radius 2 is 2.29 bits per heavy atom. The van der Waals surface area contributed by atoms with Crippen LogP contribution in [0.2, 0.25) is 5.15 Å². The molecular weight excluding hydrogens is 292 g/mol. The predicted octanol–water partition coefficient (Wildman–Crippen LogP) is 2.84. The van der Waals surface area contributed by atoms with E-state index in [1.807, 2.05) is 6.07 Å². The van der Waals surface area contributed by atoms with Gasteiger partial charge in [-0.1, -0.05) is 11.6 Å². The first-order valence-electron chi connectivity index (χ1n) is 6.82. The van der Waals surface area contributed by atoms with Crippen LogP contribution in [-0.4, -0.2) is 44.1 Å². The van der Waals surface area contributed by atoms with Crippen LogP contribution in [0.15, 0.2) is 12.3 Å². The second kappa shape index (κ2) is 5.44. The largest absolute Gasteiger partial charge is 0.465 e. The van der Waals surface area contributed by atoms with Gasteiger partial charge in [-0.15, -0.1) is 0 Å². The van der Waals surface area contributed by atoms with Gasteiger partial charge < -0.3 is 10.0 Å². The van der Waals surface area contributed by atoms with Crippen LogP contribution in [-0.2, 0) is 0 Å². The van der Waals surface area contributed by atoms with Gasteiger partial charge in [0.2, 0.25) is 0 Å². The molecule has 6 nitrogen and oxygen atoms in total. The molecule has 2 aromatic heterocycles. The number of aryl methyl sites for hydroxylation is 1. The lowest BCUT2D eigenvalue weighted by atomic mass is 9.94. The van der Waals surface area contributed by atoms with E-state index in [2.05, 4.69) is 15.0 Å². The highest BCUT2D eigenvalue weighted by Crippen LogP contribution is 2.29. The molecule has 1 fully saturated rings. The number of fused-ring (bicyclic) bond motifs is 1. The van der Waals surface area contributed by atoms with Gasteiger partial charge in [-0.3, -0.25) is 4.98 Å². The standard InChI is InChI=1S/C14H15ClN4O2/c1-8-17-12-6-16-11(5-10(12)13(15)18-8)9-3-2-4-19(7-9)14(20)21/h5-6,9H,2-4,7H2,1H3,(H,20,21). The Morgan fingerprint density at radius 3 is 3.05 bits per heavy atom. The van der Waals surface area contributed by atoms with Crippen LogP contribution in [0.5, 0.6) is 0 Å². The Bertz CT molecular complexity index is 707. The molecule has 1 amide bonds. The first-order valence-corrected chi connectivity index (χ1v) is 7.20. The Balaban J connectivity index is 1.95. The van der Waals surface area contributed by atoms with Crippen molar-refractivity contribution in [3.63, 3.8) is 0 Å². The minimum atomic E-state index is -0.877. The van der Waals surface area contributed by atoms with Crippen molar-refractivity contribution in [2.24, 2.45) is 0 Å². The summed E-state index contributed by atoms with van der Waals surface area (Å²) in [5, 5.41) is 10.3. The fourth-order valence-electron chi connectivity index (χ4n) is 2.74. The monoisotopic (exact) mass is 306 g/mol. The molecule has 7 heteroatoms. The molecule has 1 aliphatic rings. The van der Waals surface area contributed by atoms with Gasteiger partial charge in [0.1, 0.15) is 11.0 Å². The molecule has 1 N–H and O–H groups in total. The summed E-state index contributed by atoms with van der Waals surface area (Å²) in [5.41, 5.74) is 1.56. The first-order chi connectivity index (χ1) is 10.0. The van der Waals surface area contributed by atoms with Crippen molar-refractivity contribution in [3.05, 3.63) is 28.9 Å². The van der Waals surface area contributed by atoms with Gasteiger partial charge in [-0.25, -0.2) is 14.8 Å². The van der Waals surface area contributed by atoms with E-state index in [-0.39, 0.29) is 5.92 Å². The third kappa shape index (κ3) is 2.76. The van der Waals surface area contributed by atoms with Gasteiger partial charge in [0.25, 0.3) is 0 Å². The number of carbonyl (C=O) groups is 1. The maximum absolute atomic E-state index is 11.1. The normalized spacial score (nSPS) is 19.0. The van der Waals surface area contributed by atoms with E-state index in [1.54, 1.807) is 13.1 Å². The van der Waals surface area contributed by atoms with Crippen molar-refractivity contribution in [3.8, 4) is 0 Å². The summed E-state index contributed by atoms with van der Waals surface area (Å²) >= 11 is 6.17. The Kier molecular flexibility index (Phi) is 3.63. The van der Waals surface area contributed by atoms with E-state index in [0.29, 0.717) is 29.6 Å². The molecule has 0 radical (unpaired) electrons. The predicted molar refractivity (Wildman–Crippen MR) is 78.7 cm³/mol. The van der Waals surface area contributed by atoms with Gasteiger partial charge in [0, 0.05) is 30.1 Å². The highest BCUT2D eigenvalue weighted by atomic mass is 35.5. The van der Waals surface area contributed by atoms with Crippen LogP contribution in [0.3, 0.4) is 0 Å². The second-order valence-corrected chi connectivity index (χ2v) is 5.61. The molecule has 0 spiro atoms. The van der Waals surface area contributed by atoms with E-state index in [9.17, 15) is 4.79 Å². The minimum absolute atomic E-state index is 0.0941. The maximum Gasteiger partial charge on any atom is 0.407 e. The summed E-state index contributed by atoms with van der Waals surface area (Å²) < 4.78 is 0. The summed E-state index contributed by atoms with van der Waals surface area (Å²) in [5.74, 6) is 0.702. The topological polar surface area (TPSA) is 79.2 Å². The lowest BCUT2D eigenvalue weighted by Crippen LogP contribution is -2.38. The quantitative estimate of drug-likeness (QED) is 0.820. The van der Waals surface area contributed by atoms with Crippen LogP contribution < -0.4 is 0 Å². The number of aromatic nitrogens is 3. The Labute approximate surface area is 126 Å². The number of piperidine rings is 1. The number of hydrogen-bond donors (Lipinski definition) is 1. The molecule has 0 aliphatic carbocycles. The average molecular weight is 307 g/mol. The number of amides is 1. The number of carboxylic acid groups (broad SMARTS) is 1. The SMILES string of the molecule is Cc1nc(Cl)c2cc(C3CCCN(C(=O)O)C3)ncc2n1. The number of pyridine rings is 1.